The second-order valence-electron chi connectivity index (χ2n) is 7.63. The first-order valence-corrected chi connectivity index (χ1v) is 9.46. The topological polar surface area (TPSA) is 50.6 Å². The number of aromatic nitrogens is 2. The molecule has 2 rings (SSSR count). The Morgan fingerprint density at radius 1 is 1.25 bits per heavy atom. The van der Waals surface area contributed by atoms with Crippen LogP contribution >= 0.6 is 15.9 Å². The molecule has 1 aromatic heterocycles. The van der Waals surface area contributed by atoms with Gasteiger partial charge in [-0.05, 0) is 80.4 Å². The van der Waals surface area contributed by atoms with Crippen molar-refractivity contribution in [3.05, 3.63) is 16.7 Å². The van der Waals surface area contributed by atoms with Crippen LogP contribution < -0.4 is 4.90 Å². The summed E-state index contributed by atoms with van der Waals surface area (Å²) in [4.78, 5) is 6.95. The van der Waals surface area contributed by atoms with E-state index in [1.54, 1.807) is 0 Å². The van der Waals surface area contributed by atoms with Crippen molar-refractivity contribution in [3.63, 3.8) is 0 Å². The van der Waals surface area contributed by atoms with Gasteiger partial charge >= 0.3 is 0 Å². The van der Waals surface area contributed by atoms with Crippen molar-refractivity contribution < 1.29 is 4.74 Å². The Morgan fingerprint density at radius 3 is 2.46 bits per heavy atom. The minimum Gasteiger partial charge on any atom is -0.476 e. The van der Waals surface area contributed by atoms with Crippen LogP contribution in [0.25, 0.3) is 0 Å². The van der Waals surface area contributed by atoms with Crippen LogP contribution in [-0.2, 0) is 4.74 Å². The Kier molecular flexibility index (Phi) is 6.61. The number of rotatable bonds is 4. The molecule has 0 saturated heterocycles. The molecule has 0 amide bonds. The summed E-state index contributed by atoms with van der Waals surface area (Å²) in [5.74, 6) is 2.43. The van der Waals surface area contributed by atoms with Gasteiger partial charge in [-0.2, -0.15) is 0 Å². The Bertz CT molecular complexity index is 545. The van der Waals surface area contributed by atoms with E-state index < -0.39 is 0 Å². The lowest BCUT2D eigenvalue weighted by Gasteiger charge is -2.30. The number of halogens is 1. The summed E-state index contributed by atoms with van der Waals surface area (Å²) in [6.07, 6.45) is 4.67. The Hall–Kier alpha value is -1.17. The number of anilines is 1. The molecule has 1 fully saturated rings. The van der Waals surface area contributed by atoms with Crippen LogP contribution in [0.3, 0.4) is 0 Å². The van der Waals surface area contributed by atoms with Gasteiger partial charge < -0.3 is 9.64 Å². The Labute approximate surface area is 154 Å². The van der Waals surface area contributed by atoms with E-state index in [1.807, 2.05) is 19.1 Å². The second kappa shape index (κ2) is 8.28. The first-order chi connectivity index (χ1) is 11.2. The molecule has 1 heterocycles. The van der Waals surface area contributed by atoms with Crippen LogP contribution in [0, 0.1) is 5.92 Å². The van der Waals surface area contributed by atoms with E-state index in [4.69, 9.17) is 9.73 Å². The Morgan fingerprint density at radius 2 is 1.92 bits per heavy atom. The zero-order chi connectivity index (χ0) is 17.7. The molecule has 1 aliphatic rings. The lowest BCUT2D eigenvalue weighted by atomic mass is 9.86. The van der Waals surface area contributed by atoms with E-state index in [1.165, 1.54) is 12.8 Å². The van der Waals surface area contributed by atoms with Gasteiger partial charge in [0.2, 0.25) is 0 Å². The van der Waals surface area contributed by atoms with Gasteiger partial charge in [0.15, 0.2) is 11.7 Å². The largest absolute Gasteiger partial charge is 0.476 e. The van der Waals surface area contributed by atoms with Gasteiger partial charge in [-0.15, -0.1) is 10.2 Å². The van der Waals surface area contributed by atoms with Gasteiger partial charge in [-0.3, -0.25) is 4.99 Å². The molecular formula is C18H29BrN4O. The number of hydrogen-bond donors (Lipinski definition) is 0. The minimum atomic E-state index is -0.167. The first kappa shape index (κ1) is 19.2. The van der Waals surface area contributed by atoms with Gasteiger partial charge in [-0.25, -0.2) is 0 Å². The fraction of sp³-hybridized carbons (Fsp3) is 0.722. The van der Waals surface area contributed by atoms with Gasteiger partial charge in [0.05, 0.1) is 6.04 Å². The van der Waals surface area contributed by atoms with Crippen molar-refractivity contribution in [2.75, 3.05) is 18.5 Å². The summed E-state index contributed by atoms with van der Waals surface area (Å²) in [5.41, 5.74) is -0.167. The summed E-state index contributed by atoms with van der Waals surface area (Å²) < 4.78 is 6.59. The average Bonchev–Trinajstić information content (AvgIpc) is 2.48. The van der Waals surface area contributed by atoms with E-state index in [9.17, 15) is 0 Å². The van der Waals surface area contributed by atoms with Crippen molar-refractivity contribution in [3.8, 4) is 0 Å². The number of aliphatic imine (C=N–C) groups is 1. The lowest BCUT2D eigenvalue weighted by molar-refractivity contribution is 0.113. The molecule has 0 atom stereocenters. The summed E-state index contributed by atoms with van der Waals surface area (Å²) in [5, 5.41) is 8.28. The third kappa shape index (κ3) is 6.38. The van der Waals surface area contributed by atoms with E-state index >= 15 is 0 Å². The molecule has 0 spiro atoms. The first-order valence-electron chi connectivity index (χ1n) is 8.67. The van der Waals surface area contributed by atoms with Gasteiger partial charge in [-0.1, -0.05) is 0 Å². The average molecular weight is 397 g/mol. The SMILES string of the molecule is CC(=NC1CCC(CN(C)c2ccc(Br)nn2)CC1)OC(C)(C)C. The molecule has 0 unspecified atom stereocenters. The molecule has 0 radical (unpaired) electrons. The smallest absolute Gasteiger partial charge is 0.180 e. The maximum atomic E-state index is 5.82. The summed E-state index contributed by atoms with van der Waals surface area (Å²) in [6.45, 7) is 9.17. The van der Waals surface area contributed by atoms with Crippen LogP contribution in [0.1, 0.15) is 53.4 Å². The number of hydrogen-bond acceptors (Lipinski definition) is 5. The van der Waals surface area contributed by atoms with Crippen LogP contribution in [-0.4, -0.2) is 41.3 Å². The van der Waals surface area contributed by atoms with Gasteiger partial charge in [0.25, 0.3) is 0 Å². The molecule has 24 heavy (non-hydrogen) atoms. The molecule has 1 aliphatic carbocycles. The number of ether oxygens (including phenoxy) is 1. The maximum Gasteiger partial charge on any atom is 0.180 e. The van der Waals surface area contributed by atoms with Crippen molar-refractivity contribution in [2.24, 2.45) is 10.9 Å². The third-order valence-electron chi connectivity index (χ3n) is 4.18. The highest BCUT2D eigenvalue weighted by Gasteiger charge is 2.23. The van der Waals surface area contributed by atoms with Crippen LogP contribution in [0.15, 0.2) is 21.7 Å². The molecule has 1 aromatic rings. The predicted octanol–water partition coefficient (Wildman–Crippen LogP) is 4.47. The molecule has 0 N–H and O–H groups in total. The molecular weight excluding hydrogens is 368 g/mol. The quantitative estimate of drug-likeness (QED) is 0.556. The van der Waals surface area contributed by atoms with Crippen LogP contribution in [0.2, 0.25) is 0 Å². The van der Waals surface area contributed by atoms with E-state index in [0.717, 1.165) is 35.7 Å². The highest BCUT2D eigenvalue weighted by molar-refractivity contribution is 9.10. The van der Waals surface area contributed by atoms with E-state index in [2.05, 4.69) is 58.8 Å². The highest BCUT2D eigenvalue weighted by Crippen LogP contribution is 2.28. The molecule has 1 saturated carbocycles. The van der Waals surface area contributed by atoms with Gasteiger partial charge in [0.1, 0.15) is 10.2 Å². The van der Waals surface area contributed by atoms with Crippen molar-refractivity contribution in [1.29, 1.82) is 0 Å². The van der Waals surface area contributed by atoms with Crippen molar-refractivity contribution >= 4 is 27.6 Å². The monoisotopic (exact) mass is 396 g/mol. The molecule has 0 aliphatic heterocycles. The van der Waals surface area contributed by atoms with Crippen LogP contribution in [0.5, 0.6) is 0 Å². The lowest BCUT2D eigenvalue weighted by Crippen LogP contribution is -2.30. The molecule has 6 heteroatoms. The molecule has 5 nitrogen and oxygen atoms in total. The minimum absolute atomic E-state index is 0.167. The summed E-state index contributed by atoms with van der Waals surface area (Å²) in [7, 11) is 2.09. The third-order valence-corrected chi connectivity index (χ3v) is 4.60. The Balaban J connectivity index is 1.80. The normalized spacial score (nSPS) is 22.3. The standard InChI is InChI=1S/C18H29BrN4O/c1-13(24-18(2,3)4)20-15-8-6-14(7-9-15)12-23(5)17-11-10-16(19)21-22-17/h10-11,14-15H,6-9,12H2,1-5H3. The zero-order valence-electron chi connectivity index (χ0n) is 15.4. The zero-order valence-corrected chi connectivity index (χ0v) is 17.0. The molecule has 0 bridgehead atoms. The molecule has 134 valence electrons. The van der Waals surface area contributed by atoms with Crippen molar-refractivity contribution in [1.82, 2.24) is 10.2 Å². The fourth-order valence-electron chi connectivity index (χ4n) is 3.18. The summed E-state index contributed by atoms with van der Waals surface area (Å²) >= 11 is 3.32. The van der Waals surface area contributed by atoms with E-state index in [-0.39, 0.29) is 5.60 Å². The second-order valence-corrected chi connectivity index (χ2v) is 8.44. The maximum absolute atomic E-state index is 5.82. The van der Waals surface area contributed by atoms with Gasteiger partial charge in [0, 0.05) is 20.5 Å². The van der Waals surface area contributed by atoms with E-state index in [0.29, 0.717) is 12.0 Å². The van der Waals surface area contributed by atoms with Crippen LogP contribution in [0.4, 0.5) is 5.82 Å². The number of nitrogens with zero attached hydrogens (tertiary/aromatic N) is 4. The predicted molar refractivity (Wildman–Crippen MR) is 103 cm³/mol. The molecule has 0 aromatic carbocycles. The fourth-order valence-corrected chi connectivity index (χ4v) is 3.39. The van der Waals surface area contributed by atoms with Crippen molar-refractivity contribution in [2.45, 2.75) is 65.0 Å². The highest BCUT2D eigenvalue weighted by atomic mass is 79.9. The summed E-state index contributed by atoms with van der Waals surface area (Å²) in [6, 6.07) is 4.34.